The maximum atomic E-state index is 9.53. The van der Waals surface area contributed by atoms with Gasteiger partial charge in [0.25, 0.3) is 0 Å². The van der Waals surface area contributed by atoms with Gasteiger partial charge in [0.2, 0.25) is 0 Å². The van der Waals surface area contributed by atoms with Gasteiger partial charge in [-0.15, -0.1) is 0 Å². The quantitative estimate of drug-likeness (QED) is 0.637. The van der Waals surface area contributed by atoms with Gasteiger partial charge in [0.15, 0.2) is 0 Å². The van der Waals surface area contributed by atoms with Gasteiger partial charge in [0, 0.05) is 5.03 Å². The van der Waals surface area contributed by atoms with E-state index in [1.165, 1.54) is 32.1 Å². The second-order valence-electron chi connectivity index (χ2n) is 3.84. The molecule has 13 heavy (non-hydrogen) atoms. The summed E-state index contributed by atoms with van der Waals surface area (Å²) in [7, 11) is 0. The maximum Gasteiger partial charge on any atom is 0.0735 e. The Labute approximate surface area is 85.8 Å². The molecule has 0 aromatic rings. The standard InChI is InChI=1S/C11H19ClO/c12-10-7-5-3-1-2-4-6-8-11(13)9-10/h9,11,13H,1-8H2/b10-9+. The number of hydrogen-bond acceptors (Lipinski definition) is 1. The molecule has 0 radical (unpaired) electrons. The van der Waals surface area contributed by atoms with Gasteiger partial charge in [-0.3, -0.25) is 0 Å². The van der Waals surface area contributed by atoms with Crippen molar-refractivity contribution in [1.29, 1.82) is 0 Å². The van der Waals surface area contributed by atoms with Gasteiger partial charge < -0.3 is 5.11 Å². The first-order valence-electron chi connectivity index (χ1n) is 5.33. The van der Waals surface area contributed by atoms with E-state index in [2.05, 4.69) is 0 Å². The number of aliphatic hydroxyl groups is 1. The Hall–Kier alpha value is -0.0100. The van der Waals surface area contributed by atoms with Crippen LogP contribution in [-0.4, -0.2) is 11.2 Å². The van der Waals surface area contributed by atoms with Crippen molar-refractivity contribution in [3.05, 3.63) is 11.1 Å². The van der Waals surface area contributed by atoms with Crippen molar-refractivity contribution in [2.24, 2.45) is 0 Å². The monoisotopic (exact) mass is 202 g/mol. The second-order valence-corrected chi connectivity index (χ2v) is 4.33. The number of aliphatic hydroxyl groups excluding tert-OH is 1. The molecule has 0 fully saturated rings. The van der Waals surface area contributed by atoms with Crippen LogP contribution in [0.4, 0.5) is 0 Å². The van der Waals surface area contributed by atoms with E-state index in [9.17, 15) is 5.11 Å². The summed E-state index contributed by atoms with van der Waals surface area (Å²) in [5.41, 5.74) is 0. The van der Waals surface area contributed by atoms with Gasteiger partial charge in [0.05, 0.1) is 6.10 Å². The lowest BCUT2D eigenvalue weighted by atomic mass is 10.1. The van der Waals surface area contributed by atoms with Gasteiger partial charge in [-0.05, 0) is 25.3 Å². The Kier molecular flexibility index (Phi) is 5.49. The molecule has 0 bridgehead atoms. The van der Waals surface area contributed by atoms with E-state index in [0.717, 1.165) is 24.3 Å². The first-order chi connectivity index (χ1) is 6.29. The van der Waals surface area contributed by atoms with E-state index in [-0.39, 0.29) is 6.10 Å². The summed E-state index contributed by atoms with van der Waals surface area (Å²) < 4.78 is 0. The van der Waals surface area contributed by atoms with E-state index in [1.807, 2.05) is 6.08 Å². The van der Waals surface area contributed by atoms with Crippen LogP contribution in [-0.2, 0) is 0 Å². The highest BCUT2D eigenvalue weighted by Gasteiger charge is 2.04. The molecule has 1 rings (SSSR count). The second kappa shape index (κ2) is 6.44. The van der Waals surface area contributed by atoms with Crippen molar-refractivity contribution in [2.45, 2.75) is 57.5 Å². The predicted octanol–water partition coefficient (Wildman–Crippen LogP) is 3.60. The Bertz CT molecular complexity index is 165. The van der Waals surface area contributed by atoms with Crippen molar-refractivity contribution in [3.63, 3.8) is 0 Å². The number of rotatable bonds is 0. The molecule has 1 unspecified atom stereocenters. The molecule has 2 heteroatoms. The minimum absolute atomic E-state index is 0.314. The molecule has 0 aromatic heterocycles. The fourth-order valence-electron chi connectivity index (χ4n) is 1.73. The lowest BCUT2D eigenvalue weighted by Crippen LogP contribution is -2.02. The summed E-state index contributed by atoms with van der Waals surface area (Å²) in [6.45, 7) is 0. The number of halogens is 1. The minimum atomic E-state index is -0.314. The zero-order chi connectivity index (χ0) is 9.52. The number of allylic oxidation sites excluding steroid dienone is 1. The summed E-state index contributed by atoms with van der Waals surface area (Å²) in [5.74, 6) is 0. The average molecular weight is 203 g/mol. The van der Waals surface area contributed by atoms with E-state index >= 15 is 0 Å². The van der Waals surface area contributed by atoms with Gasteiger partial charge in [-0.1, -0.05) is 43.7 Å². The van der Waals surface area contributed by atoms with Gasteiger partial charge in [0.1, 0.15) is 0 Å². The molecular weight excluding hydrogens is 184 g/mol. The predicted molar refractivity (Wildman–Crippen MR) is 56.9 cm³/mol. The molecule has 1 atom stereocenters. The molecule has 0 aliphatic heterocycles. The van der Waals surface area contributed by atoms with Gasteiger partial charge in [-0.2, -0.15) is 0 Å². The molecule has 1 nitrogen and oxygen atoms in total. The highest BCUT2D eigenvalue weighted by atomic mass is 35.5. The zero-order valence-electron chi connectivity index (χ0n) is 8.14. The van der Waals surface area contributed by atoms with Crippen LogP contribution in [0.5, 0.6) is 0 Å². The summed E-state index contributed by atoms with van der Waals surface area (Å²) in [4.78, 5) is 0. The van der Waals surface area contributed by atoms with Gasteiger partial charge in [-0.25, -0.2) is 0 Å². The fourth-order valence-corrected chi connectivity index (χ4v) is 2.01. The lowest BCUT2D eigenvalue weighted by molar-refractivity contribution is 0.207. The molecule has 0 heterocycles. The Balaban J connectivity index is 2.38. The van der Waals surface area contributed by atoms with Crippen molar-refractivity contribution in [3.8, 4) is 0 Å². The van der Waals surface area contributed by atoms with E-state index in [4.69, 9.17) is 11.6 Å². The van der Waals surface area contributed by atoms with Crippen LogP contribution in [0.1, 0.15) is 51.4 Å². The number of hydrogen-bond donors (Lipinski definition) is 1. The zero-order valence-corrected chi connectivity index (χ0v) is 8.89. The minimum Gasteiger partial charge on any atom is -0.389 e. The smallest absolute Gasteiger partial charge is 0.0735 e. The third-order valence-electron chi connectivity index (χ3n) is 2.54. The van der Waals surface area contributed by atoms with E-state index in [0.29, 0.717) is 0 Å². The molecule has 0 spiro atoms. The maximum absolute atomic E-state index is 9.53. The highest BCUT2D eigenvalue weighted by Crippen LogP contribution is 2.18. The first kappa shape index (κ1) is 11.1. The molecular formula is C11H19ClO. The molecule has 0 amide bonds. The van der Waals surface area contributed by atoms with Crippen LogP contribution in [0.3, 0.4) is 0 Å². The highest BCUT2D eigenvalue weighted by molar-refractivity contribution is 6.29. The van der Waals surface area contributed by atoms with Crippen LogP contribution in [0.15, 0.2) is 11.1 Å². The fraction of sp³-hybridized carbons (Fsp3) is 0.818. The Morgan fingerprint density at radius 1 is 1.08 bits per heavy atom. The molecule has 1 aliphatic rings. The third-order valence-corrected chi connectivity index (χ3v) is 2.85. The molecule has 1 aliphatic carbocycles. The topological polar surface area (TPSA) is 20.2 Å². The van der Waals surface area contributed by atoms with E-state index in [1.54, 1.807) is 0 Å². The van der Waals surface area contributed by atoms with Crippen LogP contribution in [0.25, 0.3) is 0 Å². The first-order valence-corrected chi connectivity index (χ1v) is 5.71. The molecule has 76 valence electrons. The Morgan fingerprint density at radius 3 is 2.46 bits per heavy atom. The van der Waals surface area contributed by atoms with Crippen molar-refractivity contribution in [1.82, 2.24) is 0 Å². The summed E-state index contributed by atoms with van der Waals surface area (Å²) in [6, 6.07) is 0. The van der Waals surface area contributed by atoms with Crippen molar-refractivity contribution >= 4 is 11.6 Å². The van der Waals surface area contributed by atoms with Crippen LogP contribution < -0.4 is 0 Å². The third kappa shape index (κ3) is 5.33. The van der Waals surface area contributed by atoms with Crippen LogP contribution >= 0.6 is 11.6 Å². The largest absolute Gasteiger partial charge is 0.389 e. The Morgan fingerprint density at radius 2 is 1.69 bits per heavy atom. The van der Waals surface area contributed by atoms with Crippen LogP contribution in [0, 0.1) is 0 Å². The van der Waals surface area contributed by atoms with E-state index < -0.39 is 0 Å². The molecule has 0 aromatic carbocycles. The summed E-state index contributed by atoms with van der Waals surface area (Å²) >= 11 is 5.97. The van der Waals surface area contributed by atoms with Crippen molar-refractivity contribution in [2.75, 3.05) is 0 Å². The van der Waals surface area contributed by atoms with Crippen LogP contribution in [0.2, 0.25) is 0 Å². The average Bonchev–Trinajstić information content (AvgIpc) is 2.11. The summed E-state index contributed by atoms with van der Waals surface area (Å²) in [5, 5.41) is 10.4. The normalized spacial score (nSPS) is 31.5. The summed E-state index contributed by atoms with van der Waals surface area (Å²) in [6.07, 6.45) is 10.8. The molecule has 1 N–H and O–H groups in total. The lowest BCUT2D eigenvalue weighted by Gasteiger charge is -2.04. The molecule has 0 saturated heterocycles. The van der Waals surface area contributed by atoms with Crippen molar-refractivity contribution < 1.29 is 5.11 Å². The molecule has 0 saturated carbocycles. The van der Waals surface area contributed by atoms with Gasteiger partial charge >= 0.3 is 0 Å². The SMILES string of the molecule is OC1/C=C(/Cl)CCCCCCCC1.